The van der Waals surface area contributed by atoms with Gasteiger partial charge in [0.2, 0.25) is 5.91 Å². The average Bonchev–Trinajstić information content (AvgIpc) is 3.26. The van der Waals surface area contributed by atoms with Gasteiger partial charge in [-0.05, 0) is 62.3 Å². The van der Waals surface area contributed by atoms with E-state index < -0.39 is 0 Å². The van der Waals surface area contributed by atoms with Crippen molar-refractivity contribution >= 4 is 23.3 Å². The highest BCUT2D eigenvalue weighted by molar-refractivity contribution is 7.10. The maximum Gasteiger partial charge on any atom is 0.318 e. The molecule has 1 N–H and O–H groups in total. The lowest BCUT2D eigenvalue weighted by molar-refractivity contribution is -0.135. The molecule has 2 aromatic rings. The molecule has 2 heterocycles. The van der Waals surface area contributed by atoms with E-state index >= 15 is 0 Å². The van der Waals surface area contributed by atoms with Crippen LogP contribution in [0.2, 0.25) is 0 Å². The van der Waals surface area contributed by atoms with Crippen LogP contribution in [0.3, 0.4) is 0 Å². The molecule has 7 heteroatoms. The molecule has 0 aliphatic carbocycles. The second-order valence-electron chi connectivity index (χ2n) is 9.27. The van der Waals surface area contributed by atoms with Crippen molar-refractivity contribution in [2.24, 2.45) is 5.92 Å². The fourth-order valence-electron chi connectivity index (χ4n) is 4.00. The minimum Gasteiger partial charge on any atom is -0.491 e. The second kappa shape index (κ2) is 11.5. The number of nitrogens with one attached hydrogen (secondary N) is 1. The van der Waals surface area contributed by atoms with Gasteiger partial charge in [0, 0.05) is 24.0 Å². The van der Waals surface area contributed by atoms with Crippen molar-refractivity contribution in [3.8, 4) is 5.75 Å². The van der Waals surface area contributed by atoms with Crippen LogP contribution in [0.5, 0.6) is 5.75 Å². The van der Waals surface area contributed by atoms with Crippen LogP contribution in [-0.2, 0) is 11.2 Å². The van der Waals surface area contributed by atoms with E-state index in [1.54, 1.807) is 16.2 Å². The molecule has 0 radical (unpaired) electrons. The van der Waals surface area contributed by atoms with E-state index in [4.69, 9.17) is 4.74 Å². The number of fused-ring (bicyclic) bond motifs is 1. The molecular weight excluding hydrogens is 434 g/mol. The molecule has 0 saturated carbocycles. The van der Waals surface area contributed by atoms with Gasteiger partial charge in [0.15, 0.2) is 0 Å². The van der Waals surface area contributed by atoms with Crippen LogP contribution >= 0.6 is 11.3 Å². The number of aryl methyl sites for hydroxylation is 1. The number of amides is 3. The molecule has 1 aromatic heterocycles. The lowest BCUT2D eigenvalue weighted by Gasteiger charge is -2.37. The van der Waals surface area contributed by atoms with E-state index in [2.05, 4.69) is 30.6 Å². The molecule has 6 nitrogen and oxygen atoms in total. The number of benzene rings is 1. The predicted molar refractivity (Wildman–Crippen MR) is 134 cm³/mol. The van der Waals surface area contributed by atoms with E-state index in [1.807, 2.05) is 49.9 Å². The number of carbonyl (C=O) groups excluding carboxylic acids is 2. The molecule has 3 rings (SSSR count). The number of hydrogen-bond acceptors (Lipinski definition) is 4. The zero-order chi connectivity index (χ0) is 24.0. The van der Waals surface area contributed by atoms with Crippen LogP contribution in [0.25, 0.3) is 0 Å². The number of ether oxygens (including phenoxy) is 1. The van der Waals surface area contributed by atoms with Crippen molar-refractivity contribution in [2.45, 2.75) is 59.5 Å². The average molecular weight is 472 g/mol. The molecule has 3 amide bonds. The van der Waals surface area contributed by atoms with Crippen LogP contribution < -0.4 is 10.1 Å². The van der Waals surface area contributed by atoms with E-state index in [-0.39, 0.29) is 30.6 Å². The molecular formula is C26H37N3O3S. The number of urea groups is 1. The summed E-state index contributed by atoms with van der Waals surface area (Å²) in [6, 6.07) is 9.75. The second-order valence-corrected chi connectivity index (χ2v) is 10.3. The molecule has 1 aromatic carbocycles. The van der Waals surface area contributed by atoms with Gasteiger partial charge in [0.1, 0.15) is 18.9 Å². The van der Waals surface area contributed by atoms with Crippen molar-refractivity contribution in [1.82, 2.24) is 15.1 Å². The summed E-state index contributed by atoms with van der Waals surface area (Å²) in [5.41, 5.74) is 2.34. The van der Waals surface area contributed by atoms with Gasteiger partial charge in [-0.25, -0.2) is 4.79 Å². The molecule has 0 spiro atoms. The standard InChI is InChI=1S/C26H37N3O3S/c1-6-19(4)15-28(26(31)27-18(2)3)16-25(30)29-13-11-24-22(12-14-33-24)23(29)17-32-21-9-7-20(5)8-10-21/h7-10,12,14,18-19,23H,6,11,13,15-17H2,1-5H3,(H,27,31). The summed E-state index contributed by atoms with van der Waals surface area (Å²) >= 11 is 1.74. The molecule has 1 aliphatic heterocycles. The summed E-state index contributed by atoms with van der Waals surface area (Å²) < 4.78 is 6.11. The van der Waals surface area contributed by atoms with Crippen molar-refractivity contribution < 1.29 is 14.3 Å². The molecule has 180 valence electrons. The van der Waals surface area contributed by atoms with Gasteiger partial charge < -0.3 is 19.9 Å². The molecule has 2 atom stereocenters. The number of nitrogens with zero attached hydrogens (tertiary/aromatic N) is 2. The number of hydrogen-bond donors (Lipinski definition) is 1. The van der Waals surface area contributed by atoms with Crippen LogP contribution in [0.4, 0.5) is 4.79 Å². The first kappa shape index (κ1) is 25.1. The minimum absolute atomic E-state index is 0.0195. The third-order valence-corrected chi connectivity index (χ3v) is 7.10. The van der Waals surface area contributed by atoms with Gasteiger partial charge in [0.25, 0.3) is 0 Å². The van der Waals surface area contributed by atoms with Gasteiger partial charge in [-0.15, -0.1) is 11.3 Å². The van der Waals surface area contributed by atoms with E-state index in [9.17, 15) is 9.59 Å². The molecule has 33 heavy (non-hydrogen) atoms. The topological polar surface area (TPSA) is 61.9 Å². The predicted octanol–water partition coefficient (Wildman–Crippen LogP) is 5.03. The Hall–Kier alpha value is -2.54. The Morgan fingerprint density at radius 2 is 1.94 bits per heavy atom. The Labute approximate surface area is 201 Å². The highest BCUT2D eigenvalue weighted by atomic mass is 32.1. The SMILES string of the molecule is CCC(C)CN(CC(=O)N1CCc2sccc2C1COc1ccc(C)cc1)C(=O)NC(C)C. The first-order valence-electron chi connectivity index (χ1n) is 11.9. The smallest absolute Gasteiger partial charge is 0.318 e. The normalized spacial score (nSPS) is 16.3. The minimum atomic E-state index is -0.181. The number of carbonyl (C=O) groups is 2. The summed E-state index contributed by atoms with van der Waals surface area (Å²) in [6.07, 6.45) is 1.79. The highest BCUT2D eigenvalue weighted by Gasteiger charge is 2.33. The van der Waals surface area contributed by atoms with Crippen molar-refractivity contribution in [1.29, 1.82) is 0 Å². The van der Waals surface area contributed by atoms with Gasteiger partial charge in [-0.1, -0.05) is 38.0 Å². The Morgan fingerprint density at radius 1 is 1.21 bits per heavy atom. The van der Waals surface area contributed by atoms with E-state index in [0.29, 0.717) is 25.6 Å². The molecule has 2 unspecified atom stereocenters. The Balaban J connectivity index is 1.76. The van der Waals surface area contributed by atoms with Gasteiger partial charge in [0.05, 0.1) is 6.04 Å². The largest absolute Gasteiger partial charge is 0.491 e. The molecule has 0 saturated heterocycles. The van der Waals surface area contributed by atoms with Crippen LogP contribution in [0.1, 0.15) is 56.2 Å². The van der Waals surface area contributed by atoms with Gasteiger partial charge in [-0.2, -0.15) is 0 Å². The monoisotopic (exact) mass is 471 g/mol. The fraction of sp³-hybridized carbons (Fsp3) is 0.538. The van der Waals surface area contributed by atoms with Crippen molar-refractivity contribution in [3.05, 3.63) is 51.7 Å². The zero-order valence-electron chi connectivity index (χ0n) is 20.5. The lowest BCUT2D eigenvalue weighted by Crippen LogP contribution is -2.51. The summed E-state index contributed by atoms with van der Waals surface area (Å²) in [5.74, 6) is 1.08. The quantitative estimate of drug-likeness (QED) is 0.558. The number of thiophene rings is 1. The summed E-state index contributed by atoms with van der Waals surface area (Å²) in [5, 5.41) is 5.03. The van der Waals surface area contributed by atoms with Crippen LogP contribution in [0, 0.1) is 12.8 Å². The first-order valence-corrected chi connectivity index (χ1v) is 12.8. The fourth-order valence-corrected chi connectivity index (χ4v) is 4.93. The maximum absolute atomic E-state index is 13.5. The summed E-state index contributed by atoms with van der Waals surface area (Å²) in [7, 11) is 0. The lowest BCUT2D eigenvalue weighted by atomic mass is 10.00. The van der Waals surface area contributed by atoms with E-state index in [0.717, 1.165) is 24.2 Å². The van der Waals surface area contributed by atoms with E-state index in [1.165, 1.54) is 10.4 Å². The molecule has 0 bridgehead atoms. The Bertz CT molecular complexity index is 925. The van der Waals surface area contributed by atoms with Gasteiger partial charge >= 0.3 is 6.03 Å². The van der Waals surface area contributed by atoms with Crippen LogP contribution in [0.15, 0.2) is 35.7 Å². The Kier molecular flexibility index (Phi) is 8.78. The summed E-state index contributed by atoms with van der Waals surface area (Å²) in [4.78, 5) is 31.2. The third-order valence-electron chi connectivity index (χ3n) is 6.10. The van der Waals surface area contributed by atoms with Crippen molar-refractivity contribution in [2.75, 3.05) is 26.2 Å². The third kappa shape index (κ3) is 6.73. The number of rotatable bonds is 9. The zero-order valence-corrected chi connectivity index (χ0v) is 21.3. The Morgan fingerprint density at radius 3 is 2.61 bits per heavy atom. The first-order chi connectivity index (χ1) is 15.8. The van der Waals surface area contributed by atoms with Crippen molar-refractivity contribution in [3.63, 3.8) is 0 Å². The van der Waals surface area contributed by atoms with Gasteiger partial charge in [-0.3, -0.25) is 4.79 Å². The molecule has 0 fully saturated rings. The van der Waals surface area contributed by atoms with Crippen LogP contribution in [-0.4, -0.2) is 54.0 Å². The summed E-state index contributed by atoms with van der Waals surface area (Å²) in [6.45, 7) is 11.8. The highest BCUT2D eigenvalue weighted by Crippen LogP contribution is 2.34. The molecule has 1 aliphatic rings. The maximum atomic E-state index is 13.5.